The molecule has 0 radical (unpaired) electrons. The maximum atomic E-state index is 12.5. The van der Waals surface area contributed by atoms with Crippen molar-refractivity contribution < 1.29 is 14.0 Å². The van der Waals surface area contributed by atoms with Crippen LogP contribution in [0.25, 0.3) is 0 Å². The molecule has 1 aromatic heterocycles. The van der Waals surface area contributed by atoms with Gasteiger partial charge in [-0.1, -0.05) is 30.3 Å². The zero-order chi connectivity index (χ0) is 21.3. The van der Waals surface area contributed by atoms with Gasteiger partial charge in [0.05, 0.1) is 6.26 Å². The first-order chi connectivity index (χ1) is 14.5. The van der Waals surface area contributed by atoms with Crippen molar-refractivity contribution in [2.24, 2.45) is 0 Å². The summed E-state index contributed by atoms with van der Waals surface area (Å²) in [6.45, 7) is 4.16. The Labute approximate surface area is 180 Å². The molecule has 0 unspecified atom stereocenters. The Morgan fingerprint density at radius 3 is 2.43 bits per heavy atom. The number of amides is 3. The van der Waals surface area contributed by atoms with Gasteiger partial charge >= 0.3 is 6.03 Å². The fourth-order valence-electron chi connectivity index (χ4n) is 2.72. The van der Waals surface area contributed by atoms with E-state index in [2.05, 4.69) is 16.0 Å². The number of carbonyl (C=O) groups is 2. The van der Waals surface area contributed by atoms with Crippen LogP contribution in [0.5, 0.6) is 0 Å². The van der Waals surface area contributed by atoms with Crippen molar-refractivity contribution in [1.29, 1.82) is 0 Å². The summed E-state index contributed by atoms with van der Waals surface area (Å²) in [5.41, 5.74) is 2.47. The smallest absolute Gasteiger partial charge is 0.319 e. The summed E-state index contributed by atoms with van der Waals surface area (Å²) in [6, 6.07) is 19.0. The zero-order valence-electron chi connectivity index (χ0n) is 17.0. The van der Waals surface area contributed by atoms with Crippen molar-refractivity contribution in [3.05, 3.63) is 83.8 Å². The molecule has 6 nitrogen and oxygen atoms in total. The van der Waals surface area contributed by atoms with Gasteiger partial charge in [-0.05, 0) is 49.7 Å². The second kappa shape index (κ2) is 10.5. The topological polar surface area (TPSA) is 83.4 Å². The Morgan fingerprint density at radius 2 is 1.73 bits per heavy atom. The average molecular weight is 424 g/mol. The molecule has 2 aromatic carbocycles. The lowest BCUT2D eigenvalue weighted by atomic mass is 10.2. The third kappa shape index (κ3) is 6.42. The van der Waals surface area contributed by atoms with E-state index in [4.69, 9.17) is 4.42 Å². The fraction of sp³-hybridized carbons (Fsp3) is 0.217. The average Bonchev–Trinajstić information content (AvgIpc) is 3.20. The van der Waals surface area contributed by atoms with E-state index in [0.717, 1.165) is 16.0 Å². The maximum absolute atomic E-state index is 12.5. The first-order valence-corrected chi connectivity index (χ1v) is 10.7. The molecule has 0 fully saturated rings. The molecule has 0 atom stereocenters. The van der Waals surface area contributed by atoms with Crippen molar-refractivity contribution in [1.82, 2.24) is 10.6 Å². The van der Waals surface area contributed by atoms with Crippen LogP contribution in [0.3, 0.4) is 0 Å². The minimum absolute atomic E-state index is 0.0667. The van der Waals surface area contributed by atoms with E-state index in [9.17, 15) is 9.59 Å². The molecule has 156 valence electrons. The van der Waals surface area contributed by atoms with Crippen LogP contribution in [0.1, 0.15) is 35.5 Å². The highest BCUT2D eigenvalue weighted by molar-refractivity contribution is 7.98. The maximum Gasteiger partial charge on any atom is 0.319 e. The van der Waals surface area contributed by atoms with Crippen LogP contribution in [0.15, 0.2) is 76.2 Å². The lowest BCUT2D eigenvalue weighted by Gasteiger charge is -2.11. The second-order valence-corrected chi connectivity index (χ2v) is 8.06. The van der Waals surface area contributed by atoms with Gasteiger partial charge in [-0.3, -0.25) is 4.79 Å². The standard InChI is InChI=1S/C23H25N3O3S/c1-16(2)25-23(28)26-19-10-8-17(9-11-19)14-24-22(27)21-18(12-13-29-21)15-30-20-6-4-3-5-7-20/h3-13,16H,14-15H2,1-2H3,(H,24,27)(H2,25,26,28). The van der Waals surface area contributed by atoms with E-state index in [-0.39, 0.29) is 18.0 Å². The molecular formula is C23H25N3O3S. The number of furan rings is 1. The van der Waals surface area contributed by atoms with E-state index >= 15 is 0 Å². The predicted octanol–water partition coefficient (Wildman–Crippen LogP) is 5.03. The van der Waals surface area contributed by atoms with Gasteiger partial charge in [0.2, 0.25) is 0 Å². The molecule has 3 aromatic rings. The van der Waals surface area contributed by atoms with E-state index < -0.39 is 0 Å². The van der Waals surface area contributed by atoms with E-state index in [1.807, 2.05) is 62.4 Å². The molecule has 0 aliphatic carbocycles. The van der Waals surface area contributed by atoms with E-state index in [1.54, 1.807) is 30.2 Å². The molecule has 1 heterocycles. The minimum atomic E-state index is -0.248. The van der Waals surface area contributed by atoms with Gasteiger partial charge in [0.25, 0.3) is 5.91 Å². The van der Waals surface area contributed by atoms with Gasteiger partial charge in [-0.2, -0.15) is 0 Å². The van der Waals surface area contributed by atoms with Gasteiger partial charge in [-0.15, -0.1) is 11.8 Å². The molecule has 0 aliphatic rings. The molecule has 0 spiro atoms. The van der Waals surface area contributed by atoms with Gasteiger partial charge in [0.15, 0.2) is 5.76 Å². The number of nitrogens with one attached hydrogen (secondary N) is 3. The van der Waals surface area contributed by atoms with E-state index in [0.29, 0.717) is 23.7 Å². The number of rotatable bonds is 8. The molecule has 7 heteroatoms. The number of hydrogen-bond donors (Lipinski definition) is 3. The van der Waals surface area contributed by atoms with Crippen LogP contribution in [-0.2, 0) is 12.3 Å². The number of carbonyl (C=O) groups excluding carboxylic acids is 2. The Kier molecular flexibility index (Phi) is 7.57. The third-order valence-electron chi connectivity index (χ3n) is 4.18. The summed E-state index contributed by atoms with van der Waals surface area (Å²) in [6.07, 6.45) is 1.54. The van der Waals surface area contributed by atoms with Crippen LogP contribution in [0, 0.1) is 0 Å². The van der Waals surface area contributed by atoms with Crippen molar-refractivity contribution in [3.8, 4) is 0 Å². The number of urea groups is 1. The minimum Gasteiger partial charge on any atom is -0.459 e. The summed E-state index contributed by atoms with van der Waals surface area (Å²) >= 11 is 1.65. The SMILES string of the molecule is CC(C)NC(=O)Nc1ccc(CNC(=O)c2occc2CSc2ccccc2)cc1. The highest BCUT2D eigenvalue weighted by Crippen LogP contribution is 2.24. The molecule has 3 N–H and O–H groups in total. The first-order valence-electron chi connectivity index (χ1n) is 9.70. The van der Waals surface area contributed by atoms with Crippen molar-refractivity contribution >= 4 is 29.4 Å². The van der Waals surface area contributed by atoms with Crippen LogP contribution in [0.4, 0.5) is 10.5 Å². The largest absolute Gasteiger partial charge is 0.459 e. The van der Waals surface area contributed by atoms with Crippen LogP contribution in [0.2, 0.25) is 0 Å². The molecular weight excluding hydrogens is 398 g/mol. The fourth-order valence-corrected chi connectivity index (χ4v) is 3.62. The summed E-state index contributed by atoms with van der Waals surface area (Å²) in [5.74, 6) is 0.742. The Morgan fingerprint density at radius 1 is 1.00 bits per heavy atom. The van der Waals surface area contributed by atoms with E-state index in [1.165, 1.54) is 0 Å². The molecule has 3 rings (SSSR count). The second-order valence-electron chi connectivity index (χ2n) is 7.01. The lowest BCUT2D eigenvalue weighted by Crippen LogP contribution is -2.34. The monoisotopic (exact) mass is 423 g/mol. The third-order valence-corrected chi connectivity index (χ3v) is 5.24. The summed E-state index contributed by atoms with van der Waals surface area (Å²) in [7, 11) is 0. The van der Waals surface area contributed by atoms with Gasteiger partial charge in [0, 0.05) is 34.5 Å². The Hall–Kier alpha value is -3.19. The summed E-state index contributed by atoms with van der Waals surface area (Å²) < 4.78 is 5.42. The zero-order valence-corrected chi connectivity index (χ0v) is 17.8. The molecule has 3 amide bonds. The molecule has 0 bridgehead atoms. The van der Waals surface area contributed by atoms with Crippen molar-refractivity contribution in [2.75, 3.05) is 5.32 Å². The van der Waals surface area contributed by atoms with Crippen LogP contribution in [-0.4, -0.2) is 18.0 Å². The lowest BCUT2D eigenvalue weighted by molar-refractivity contribution is 0.0922. The van der Waals surface area contributed by atoms with Gasteiger partial charge < -0.3 is 20.4 Å². The quantitative estimate of drug-likeness (QED) is 0.444. The molecule has 0 saturated carbocycles. The molecule has 0 aliphatic heterocycles. The van der Waals surface area contributed by atoms with Crippen molar-refractivity contribution in [3.63, 3.8) is 0 Å². The van der Waals surface area contributed by atoms with Crippen LogP contribution < -0.4 is 16.0 Å². The number of hydrogen-bond acceptors (Lipinski definition) is 4. The first kappa shape index (κ1) is 21.5. The molecule has 30 heavy (non-hydrogen) atoms. The van der Waals surface area contributed by atoms with Gasteiger partial charge in [0.1, 0.15) is 0 Å². The highest BCUT2D eigenvalue weighted by Gasteiger charge is 2.15. The number of thioether (sulfide) groups is 1. The molecule has 0 saturated heterocycles. The van der Waals surface area contributed by atoms with Gasteiger partial charge in [-0.25, -0.2) is 4.79 Å². The highest BCUT2D eigenvalue weighted by atomic mass is 32.2. The van der Waals surface area contributed by atoms with Crippen molar-refractivity contribution in [2.45, 2.75) is 37.1 Å². The summed E-state index contributed by atoms with van der Waals surface area (Å²) in [5, 5.41) is 8.42. The van der Waals surface area contributed by atoms with Crippen LogP contribution >= 0.6 is 11.8 Å². The Balaban J connectivity index is 1.51. The number of anilines is 1. The number of benzene rings is 2. The normalized spacial score (nSPS) is 10.6. The Bertz CT molecular complexity index is 969. The predicted molar refractivity (Wildman–Crippen MR) is 120 cm³/mol. The summed E-state index contributed by atoms with van der Waals surface area (Å²) in [4.78, 5) is 25.4.